The Balaban J connectivity index is 1.63. The maximum absolute atomic E-state index is 14.2. The normalized spacial score (nSPS) is 21.1. The first kappa shape index (κ1) is 23.2. The lowest BCUT2D eigenvalue weighted by Gasteiger charge is -2.34. The highest BCUT2D eigenvalue weighted by Crippen LogP contribution is 2.27. The van der Waals surface area contributed by atoms with Crippen LogP contribution in [0.25, 0.3) is 0 Å². The summed E-state index contributed by atoms with van der Waals surface area (Å²) in [4.78, 5) is 18.3. The first-order valence-corrected chi connectivity index (χ1v) is 11.9. The number of halogens is 1. The van der Waals surface area contributed by atoms with Gasteiger partial charge in [-0.3, -0.25) is 4.90 Å². The lowest BCUT2D eigenvalue weighted by atomic mass is 10.1. The maximum Gasteiger partial charge on any atom is 0.233 e. The zero-order valence-electron chi connectivity index (χ0n) is 19.5. The first-order chi connectivity index (χ1) is 16.1. The van der Waals surface area contributed by atoms with Gasteiger partial charge in [-0.2, -0.15) is 15.0 Å². The van der Waals surface area contributed by atoms with Gasteiger partial charge in [0.25, 0.3) is 0 Å². The average molecular weight is 456 g/mol. The van der Waals surface area contributed by atoms with Crippen molar-refractivity contribution >= 4 is 23.5 Å². The second kappa shape index (κ2) is 10.8. The molecule has 1 aliphatic carbocycles. The molecule has 2 aromatic rings. The van der Waals surface area contributed by atoms with Gasteiger partial charge < -0.3 is 20.7 Å². The van der Waals surface area contributed by atoms with Crippen molar-refractivity contribution in [2.45, 2.75) is 57.5 Å². The highest BCUT2D eigenvalue weighted by Gasteiger charge is 2.29. The standard InChI is InChI=1S/C24H34FN7O/c1-3-31-14-8-11-19(31)16-32(18-9-6-4-5-7-10-18)24-29-22(26)28-23(30-24)27-17-12-13-21(33-2)20(25)15-17/h6,9,12-13,15,18-19H,3-5,7-8,10-11,14,16H2,1-2H3,(H3,26,27,28,29,30). The number of nitrogens with two attached hydrogens (primary N) is 1. The van der Waals surface area contributed by atoms with Crippen molar-refractivity contribution in [1.82, 2.24) is 19.9 Å². The van der Waals surface area contributed by atoms with Crippen LogP contribution in [0.3, 0.4) is 0 Å². The van der Waals surface area contributed by atoms with Crippen LogP contribution in [0.15, 0.2) is 30.4 Å². The molecule has 1 saturated heterocycles. The van der Waals surface area contributed by atoms with Gasteiger partial charge in [-0.05, 0) is 57.3 Å². The Hall–Kier alpha value is -2.94. The molecule has 1 aromatic carbocycles. The predicted molar refractivity (Wildman–Crippen MR) is 129 cm³/mol. The molecule has 2 unspecified atom stereocenters. The molecular weight excluding hydrogens is 421 g/mol. The molecule has 1 aromatic heterocycles. The number of methoxy groups -OCH3 is 1. The Morgan fingerprint density at radius 2 is 2.09 bits per heavy atom. The van der Waals surface area contributed by atoms with Gasteiger partial charge in [0.2, 0.25) is 17.8 Å². The van der Waals surface area contributed by atoms with E-state index in [2.05, 4.69) is 44.2 Å². The van der Waals surface area contributed by atoms with Gasteiger partial charge in [0.15, 0.2) is 11.6 Å². The molecular formula is C24H34FN7O. The second-order valence-corrected chi connectivity index (χ2v) is 8.65. The van der Waals surface area contributed by atoms with Crippen molar-refractivity contribution < 1.29 is 9.13 Å². The maximum atomic E-state index is 14.2. The third-order valence-corrected chi connectivity index (χ3v) is 6.50. The Kier molecular flexibility index (Phi) is 7.59. The van der Waals surface area contributed by atoms with E-state index in [-0.39, 0.29) is 17.7 Å². The largest absolute Gasteiger partial charge is 0.494 e. The zero-order valence-corrected chi connectivity index (χ0v) is 19.5. The number of allylic oxidation sites excluding steroid dienone is 1. The number of hydrogen-bond acceptors (Lipinski definition) is 8. The lowest BCUT2D eigenvalue weighted by molar-refractivity contribution is 0.265. The molecule has 8 nitrogen and oxygen atoms in total. The molecule has 3 N–H and O–H groups in total. The van der Waals surface area contributed by atoms with Crippen molar-refractivity contribution in [3.8, 4) is 5.75 Å². The minimum Gasteiger partial charge on any atom is -0.494 e. The van der Waals surface area contributed by atoms with Crippen LogP contribution in [0.4, 0.5) is 27.9 Å². The molecule has 178 valence electrons. The minimum atomic E-state index is -0.462. The van der Waals surface area contributed by atoms with Crippen molar-refractivity contribution in [2.24, 2.45) is 0 Å². The predicted octanol–water partition coefficient (Wildman–Crippen LogP) is 4.13. The van der Waals surface area contributed by atoms with Crippen molar-refractivity contribution in [3.63, 3.8) is 0 Å². The average Bonchev–Trinajstić information content (AvgIpc) is 3.08. The molecule has 1 aliphatic heterocycles. The van der Waals surface area contributed by atoms with E-state index in [0.29, 0.717) is 23.6 Å². The summed E-state index contributed by atoms with van der Waals surface area (Å²) >= 11 is 0. The molecule has 0 radical (unpaired) electrons. The van der Waals surface area contributed by atoms with E-state index >= 15 is 0 Å². The van der Waals surface area contributed by atoms with E-state index in [0.717, 1.165) is 45.3 Å². The number of ether oxygens (including phenoxy) is 1. The minimum absolute atomic E-state index is 0.137. The van der Waals surface area contributed by atoms with E-state index in [1.807, 2.05) is 0 Å². The Morgan fingerprint density at radius 3 is 2.88 bits per heavy atom. The van der Waals surface area contributed by atoms with Gasteiger partial charge in [-0.25, -0.2) is 4.39 Å². The third-order valence-electron chi connectivity index (χ3n) is 6.50. The summed E-state index contributed by atoms with van der Waals surface area (Å²) in [6.45, 7) is 5.22. The van der Waals surface area contributed by atoms with Crippen molar-refractivity contribution in [3.05, 3.63) is 36.2 Å². The number of benzene rings is 1. The topological polar surface area (TPSA) is 92.4 Å². The van der Waals surface area contributed by atoms with Crippen LogP contribution in [-0.4, -0.2) is 58.7 Å². The number of hydrogen-bond donors (Lipinski definition) is 2. The summed E-state index contributed by atoms with van der Waals surface area (Å²) in [7, 11) is 1.44. The van der Waals surface area contributed by atoms with E-state index in [4.69, 9.17) is 15.5 Å². The molecule has 1 fully saturated rings. The van der Waals surface area contributed by atoms with Crippen LogP contribution in [-0.2, 0) is 0 Å². The Bertz CT molecular complexity index is 970. The third kappa shape index (κ3) is 5.71. The second-order valence-electron chi connectivity index (χ2n) is 8.65. The highest BCUT2D eigenvalue weighted by atomic mass is 19.1. The van der Waals surface area contributed by atoms with Crippen LogP contribution in [0.1, 0.15) is 45.4 Å². The summed E-state index contributed by atoms with van der Waals surface area (Å²) in [6.07, 6.45) is 11.4. The van der Waals surface area contributed by atoms with E-state index in [1.54, 1.807) is 12.1 Å². The number of rotatable bonds is 8. The summed E-state index contributed by atoms with van der Waals surface area (Å²) in [5.74, 6) is 0.704. The quantitative estimate of drug-likeness (QED) is 0.574. The molecule has 2 aliphatic rings. The SMILES string of the molecule is CCN1CCCC1CN(c1nc(N)nc(Nc2ccc(OC)c(F)c2)n1)C1C=CCCCC1. The number of likely N-dealkylation sites (tertiary alicyclic amines) is 1. The number of nitrogens with zero attached hydrogens (tertiary/aromatic N) is 5. The molecule has 2 heterocycles. The smallest absolute Gasteiger partial charge is 0.233 e. The molecule has 2 atom stereocenters. The van der Waals surface area contributed by atoms with E-state index in [9.17, 15) is 4.39 Å². The molecule has 9 heteroatoms. The fraction of sp³-hybridized carbons (Fsp3) is 0.542. The monoisotopic (exact) mass is 455 g/mol. The van der Waals surface area contributed by atoms with Crippen LogP contribution in [0.2, 0.25) is 0 Å². The molecule has 0 bridgehead atoms. The molecule has 0 saturated carbocycles. The van der Waals surface area contributed by atoms with E-state index in [1.165, 1.54) is 26.0 Å². The van der Waals surface area contributed by atoms with Crippen LogP contribution in [0, 0.1) is 5.82 Å². The highest BCUT2D eigenvalue weighted by molar-refractivity contribution is 5.57. The van der Waals surface area contributed by atoms with Crippen molar-refractivity contribution in [2.75, 3.05) is 42.7 Å². The molecule has 0 spiro atoms. The van der Waals surface area contributed by atoms with Gasteiger partial charge in [0.1, 0.15) is 0 Å². The number of anilines is 4. The zero-order chi connectivity index (χ0) is 23.2. The molecule has 0 amide bonds. The fourth-order valence-corrected chi connectivity index (χ4v) is 4.77. The molecule has 33 heavy (non-hydrogen) atoms. The Morgan fingerprint density at radius 1 is 1.21 bits per heavy atom. The fourth-order valence-electron chi connectivity index (χ4n) is 4.77. The van der Waals surface area contributed by atoms with Gasteiger partial charge in [0, 0.05) is 24.3 Å². The number of nitrogen functional groups attached to an aromatic ring is 1. The van der Waals surface area contributed by atoms with Gasteiger partial charge in [0.05, 0.1) is 13.2 Å². The van der Waals surface area contributed by atoms with Crippen molar-refractivity contribution in [1.29, 1.82) is 0 Å². The Labute approximate surface area is 195 Å². The lowest BCUT2D eigenvalue weighted by Crippen LogP contribution is -2.45. The van der Waals surface area contributed by atoms with Gasteiger partial charge in [-0.1, -0.05) is 25.5 Å². The van der Waals surface area contributed by atoms with Gasteiger partial charge >= 0.3 is 0 Å². The first-order valence-electron chi connectivity index (χ1n) is 11.9. The summed E-state index contributed by atoms with van der Waals surface area (Å²) in [5.41, 5.74) is 6.61. The number of nitrogens with one attached hydrogen (secondary N) is 1. The van der Waals surface area contributed by atoms with E-state index < -0.39 is 5.82 Å². The van der Waals surface area contributed by atoms with Crippen LogP contribution < -0.4 is 20.7 Å². The summed E-state index contributed by atoms with van der Waals surface area (Å²) in [6, 6.07) is 5.29. The summed E-state index contributed by atoms with van der Waals surface area (Å²) in [5, 5.41) is 3.07. The van der Waals surface area contributed by atoms with Gasteiger partial charge in [-0.15, -0.1) is 0 Å². The molecule has 4 rings (SSSR count). The number of aromatic nitrogens is 3. The summed E-state index contributed by atoms with van der Waals surface area (Å²) < 4.78 is 19.2. The van der Waals surface area contributed by atoms with Crippen LogP contribution >= 0.6 is 0 Å². The van der Waals surface area contributed by atoms with Crippen LogP contribution in [0.5, 0.6) is 5.75 Å². The number of likely N-dealkylation sites (N-methyl/N-ethyl adjacent to an activating group) is 1.